The van der Waals surface area contributed by atoms with Gasteiger partial charge in [-0.2, -0.15) is 0 Å². The number of allylic oxidation sites excluding steroid dienone is 1. The summed E-state index contributed by atoms with van der Waals surface area (Å²) in [6.45, 7) is 4.43. The van der Waals surface area contributed by atoms with Crippen LogP contribution in [0.15, 0.2) is 24.3 Å². The Morgan fingerprint density at radius 3 is 2.86 bits per heavy atom. The molecule has 0 spiro atoms. The van der Waals surface area contributed by atoms with Crippen LogP contribution in [0.3, 0.4) is 0 Å². The first-order valence-electron chi connectivity index (χ1n) is 7.22. The van der Waals surface area contributed by atoms with Crippen LogP contribution in [0.25, 0.3) is 6.08 Å². The molecule has 0 atom stereocenters. The minimum absolute atomic E-state index is 0.138. The van der Waals surface area contributed by atoms with Crippen molar-refractivity contribution in [1.82, 2.24) is 4.90 Å². The van der Waals surface area contributed by atoms with Crippen molar-refractivity contribution >= 4 is 11.9 Å². The molecule has 0 bridgehead atoms. The Labute approximate surface area is 124 Å². The van der Waals surface area contributed by atoms with Gasteiger partial charge in [-0.05, 0) is 23.8 Å². The first-order valence-corrected chi connectivity index (χ1v) is 7.22. The monoisotopic (exact) mass is 289 g/mol. The normalized spacial score (nSPS) is 18.3. The van der Waals surface area contributed by atoms with Gasteiger partial charge in [0.15, 0.2) is 17.3 Å². The molecule has 1 fully saturated rings. The van der Waals surface area contributed by atoms with E-state index in [9.17, 15) is 4.79 Å². The molecule has 0 radical (unpaired) electrons. The molecule has 5 nitrogen and oxygen atoms in total. The van der Waals surface area contributed by atoms with Gasteiger partial charge < -0.3 is 14.2 Å². The topological polar surface area (TPSA) is 48.0 Å². The van der Waals surface area contributed by atoms with E-state index < -0.39 is 0 Å². The Morgan fingerprint density at radius 2 is 2.00 bits per heavy atom. The summed E-state index contributed by atoms with van der Waals surface area (Å²) >= 11 is 0. The van der Waals surface area contributed by atoms with Crippen molar-refractivity contribution in [2.75, 3.05) is 39.6 Å². The Kier molecular flexibility index (Phi) is 4.52. The maximum atomic E-state index is 11.9. The third-order valence-electron chi connectivity index (χ3n) is 3.64. The van der Waals surface area contributed by atoms with Crippen LogP contribution in [0.2, 0.25) is 0 Å². The van der Waals surface area contributed by atoms with Crippen molar-refractivity contribution in [3.8, 4) is 11.5 Å². The van der Waals surface area contributed by atoms with Crippen molar-refractivity contribution < 1.29 is 19.0 Å². The molecule has 5 heteroatoms. The van der Waals surface area contributed by atoms with Crippen molar-refractivity contribution in [1.29, 1.82) is 0 Å². The number of benzene rings is 1. The number of nitrogens with zero attached hydrogens (tertiary/aromatic N) is 1. The zero-order chi connectivity index (χ0) is 14.5. The lowest BCUT2D eigenvalue weighted by Gasteiger charge is -2.25. The number of rotatable bonds is 5. The average Bonchev–Trinajstić information content (AvgIpc) is 2.99. The lowest BCUT2D eigenvalue weighted by atomic mass is 10.1. The number of hydrogen-bond acceptors (Lipinski definition) is 5. The molecule has 3 rings (SSSR count). The molecule has 2 aliphatic rings. The smallest absolute Gasteiger partial charge is 0.231 e. The van der Waals surface area contributed by atoms with E-state index in [0.29, 0.717) is 6.42 Å². The summed E-state index contributed by atoms with van der Waals surface area (Å²) in [5.74, 6) is 1.63. The fourth-order valence-corrected chi connectivity index (χ4v) is 2.38. The Balaban J connectivity index is 1.49. The molecule has 0 amide bonds. The quantitative estimate of drug-likeness (QED) is 0.772. The number of ketones is 1. The van der Waals surface area contributed by atoms with Gasteiger partial charge in [-0.1, -0.05) is 12.1 Å². The molecule has 0 aromatic heterocycles. The molecule has 21 heavy (non-hydrogen) atoms. The van der Waals surface area contributed by atoms with E-state index in [-0.39, 0.29) is 12.6 Å². The van der Waals surface area contributed by atoms with E-state index in [1.165, 1.54) is 0 Å². The Bertz CT molecular complexity index is 535. The molecule has 2 aliphatic heterocycles. The van der Waals surface area contributed by atoms with Crippen LogP contribution in [0.1, 0.15) is 12.0 Å². The molecule has 2 heterocycles. The van der Waals surface area contributed by atoms with E-state index >= 15 is 0 Å². The molecule has 1 aromatic rings. The molecule has 0 saturated carbocycles. The SMILES string of the molecule is O=C(/C=C/c1ccc2c(c1)OCO2)CCN1CCOCC1. The maximum absolute atomic E-state index is 11.9. The molecule has 0 unspecified atom stereocenters. The zero-order valence-electron chi connectivity index (χ0n) is 11.9. The molecular weight excluding hydrogens is 270 g/mol. The molecule has 112 valence electrons. The second-order valence-electron chi connectivity index (χ2n) is 5.12. The highest BCUT2D eigenvalue weighted by molar-refractivity contribution is 5.93. The summed E-state index contributed by atoms with van der Waals surface area (Å²) in [6, 6.07) is 5.66. The maximum Gasteiger partial charge on any atom is 0.231 e. The molecular formula is C16H19NO4. The van der Waals surface area contributed by atoms with Gasteiger partial charge in [0.1, 0.15) is 0 Å². The minimum Gasteiger partial charge on any atom is -0.454 e. The highest BCUT2D eigenvalue weighted by atomic mass is 16.7. The van der Waals surface area contributed by atoms with Gasteiger partial charge in [-0.25, -0.2) is 0 Å². The largest absolute Gasteiger partial charge is 0.454 e. The highest BCUT2D eigenvalue weighted by Gasteiger charge is 2.13. The van der Waals surface area contributed by atoms with Gasteiger partial charge in [0.2, 0.25) is 6.79 Å². The summed E-state index contributed by atoms with van der Waals surface area (Å²) in [5, 5.41) is 0. The van der Waals surface area contributed by atoms with Gasteiger partial charge in [-0.15, -0.1) is 0 Å². The number of fused-ring (bicyclic) bond motifs is 1. The summed E-state index contributed by atoms with van der Waals surface area (Å²) in [6.07, 6.45) is 4.00. The van der Waals surface area contributed by atoms with Crippen LogP contribution in [-0.2, 0) is 9.53 Å². The van der Waals surface area contributed by atoms with Gasteiger partial charge in [0.05, 0.1) is 13.2 Å². The molecule has 1 aromatic carbocycles. The minimum atomic E-state index is 0.138. The van der Waals surface area contributed by atoms with E-state index in [1.54, 1.807) is 6.08 Å². The Hall–Kier alpha value is -1.85. The molecule has 0 N–H and O–H groups in total. The number of carbonyl (C=O) groups is 1. The van der Waals surface area contributed by atoms with Crippen LogP contribution < -0.4 is 9.47 Å². The lowest BCUT2D eigenvalue weighted by Crippen LogP contribution is -2.37. The van der Waals surface area contributed by atoms with Crippen molar-refractivity contribution in [3.63, 3.8) is 0 Å². The van der Waals surface area contributed by atoms with Crippen LogP contribution in [0, 0.1) is 0 Å². The summed E-state index contributed by atoms with van der Waals surface area (Å²) in [7, 11) is 0. The van der Waals surface area contributed by atoms with E-state index in [2.05, 4.69) is 4.90 Å². The van der Waals surface area contributed by atoms with Crippen LogP contribution >= 0.6 is 0 Å². The van der Waals surface area contributed by atoms with Crippen LogP contribution in [0.4, 0.5) is 0 Å². The number of hydrogen-bond donors (Lipinski definition) is 0. The van der Waals surface area contributed by atoms with E-state index in [0.717, 1.165) is 49.9 Å². The van der Waals surface area contributed by atoms with Gasteiger partial charge in [0, 0.05) is 26.1 Å². The van der Waals surface area contributed by atoms with E-state index in [1.807, 2.05) is 24.3 Å². The predicted octanol–water partition coefficient (Wildman–Crippen LogP) is 1.72. The van der Waals surface area contributed by atoms with Crippen molar-refractivity contribution in [2.24, 2.45) is 0 Å². The summed E-state index contributed by atoms with van der Waals surface area (Å²) in [4.78, 5) is 14.2. The van der Waals surface area contributed by atoms with Crippen molar-refractivity contribution in [2.45, 2.75) is 6.42 Å². The molecule has 1 saturated heterocycles. The standard InChI is InChI=1S/C16H19NO4/c18-14(5-6-17-7-9-19-10-8-17)3-1-13-2-4-15-16(11-13)21-12-20-15/h1-4,11H,5-10,12H2/b3-1+. The number of carbonyl (C=O) groups excluding carboxylic acids is 1. The van der Waals surface area contributed by atoms with Gasteiger partial charge in [-0.3, -0.25) is 9.69 Å². The first-order chi connectivity index (χ1) is 10.3. The number of ether oxygens (including phenoxy) is 3. The lowest BCUT2D eigenvalue weighted by molar-refractivity contribution is -0.115. The van der Waals surface area contributed by atoms with Gasteiger partial charge in [0.25, 0.3) is 0 Å². The average molecular weight is 289 g/mol. The van der Waals surface area contributed by atoms with E-state index in [4.69, 9.17) is 14.2 Å². The first kappa shape index (κ1) is 14.1. The Morgan fingerprint density at radius 1 is 1.19 bits per heavy atom. The fourth-order valence-electron chi connectivity index (χ4n) is 2.38. The van der Waals surface area contributed by atoms with Crippen molar-refractivity contribution in [3.05, 3.63) is 29.8 Å². The third-order valence-corrected chi connectivity index (χ3v) is 3.64. The van der Waals surface area contributed by atoms with Crippen LogP contribution in [0.5, 0.6) is 11.5 Å². The highest BCUT2D eigenvalue weighted by Crippen LogP contribution is 2.32. The van der Waals surface area contributed by atoms with Crippen LogP contribution in [-0.4, -0.2) is 50.3 Å². The van der Waals surface area contributed by atoms with Gasteiger partial charge >= 0.3 is 0 Å². The number of morpholine rings is 1. The third kappa shape index (κ3) is 3.83. The second-order valence-corrected chi connectivity index (χ2v) is 5.12. The summed E-state index contributed by atoms with van der Waals surface area (Å²) < 4.78 is 15.9. The predicted molar refractivity (Wildman–Crippen MR) is 78.5 cm³/mol. The second kappa shape index (κ2) is 6.74. The zero-order valence-corrected chi connectivity index (χ0v) is 11.9. The molecule has 0 aliphatic carbocycles. The fraction of sp³-hybridized carbons (Fsp3) is 0.438. The summed E-state index contributed by atoms with van der Waals surface area (Å²) in [5.41, 5.74) is 0.943.